The van der Waals surface area contributed by atoms with Gasteiger partial charge in [-0.25, -0.2) is 4.68 Å². The van der Waals surface area contributed by atoms with Gasteiger partial charge in [-0.15, -0.1) is 5.10 Å². The Kier molecular flexibility index (Phi) is 7.20. The first-order chi connectivity index (χ1) is 12.3. The molecule has 0 bridgehead atoms. The zero-order valence-electron chi connectivity index (χ0n) is 14.9. The normalized spacial score (nSPS) is 21.5. The summed E-state index contributed by atoms with van der Waals surface area (Å²) in [5.74, 6) is -0.147. The summed E-state index contributed by atoms with van der Waals surface area (Å²) in [6.45, 7) is 7.07. The maximum absolute atomic E-state index is 12.1. The van der Waals surface area contributed by atoms with Crippen LogP contribution in [0.15, 0.2) is 6.20 Å². The molecular formula is C17H29N5O3. The number of ether oxygens (including phenoxy) is 2. The molecule has 1 unspecified atom stereocenters. The van der Waals surface area contributed by atoms with Crippen LogP contribution in [0.3, 0.4) is 0 Å². The van der Waals surface area contributed by atoms with E-state index in [-0.39, 0.29) is 12.0 Å². The number of amides is 1. The molecule has 2 saturated heterocycles. The fourth-order valence-electron chi connectivity index (χ4n) is 3.24. The molecule has 0 radical (unpaired) electrons. The summed E-state index contributed by atoms with van der Waals surface area (Å²) in [6.07, 6.45) is 7.31. The standard InChI is InChI=1S/C17H29N5O3/c23-17(16-14-22(20-19-16)13-15-5-4-10-25-15)18-6-2-1-3-7-21-8-11-24-12-9-21/h14-15H,1-13H2,(H,18,23). The van der Waals surface area contributed by atoms with Gasteiger partial charge in [-0.3, -0.25) is 9.69 Å². The number of nitrogens with zero attached hydrogens (tertiary/aromatic N) is 4. The maximum atomic E-state index is 12.1. The van der Waals surface area contributed by atoms with Crippen molar-refractivity contribution < 1.29 is 14.3 Å². The molecule has 3 heterocycles. The Labute approximate surface area is 148 Å². The summed E-state index contributed by atoms with van der Waals surface area (Å²) in [6, 6.07) is 0. The molecule has 1 aromatic heterocycles. The van der Waals surface area contributed by atoms with Crippen molar-refractivity contribution in [1.29, 1.82) is 0 Å². The van der Waals surface area contributed by atoms with Crippen LogP contribution in [0.25, 0.3) is 0 Å². The SMILES string of the molecule is O=C(NCCCCCN1CCOCC1)c1cn(CC2CCCO2)nn1. The van der Waals surface area contributed by atoms with Crippen molar-refractivity contribution in [1.82, 2.24) is 25.2 Å². The van der Waals surface area contributed by atoms with E-state index in [1.54, 1.807) is 10.9 Å². The van der Waals surface area contributed by atoms with Crippen molar-refractivity contribution in [3.8, 4) is 0 Å². The van der Waals surface area contributed by atoms with Gasteiger partial charge in [0.1, 0.15) is 0 Å². The van der Waals surface area contributed by atoms with Crippen LogP contribution in [0.2, 0.25) is 0 Å². The highest BCUT2D eigenvalue weighted by atomic mass is 16.5. The summed E-state index contributed by atoms with van der Waals surface area (Å²) in [7, 11) is 0. The zero-order valence-corrected chi connectivity index (χ0v) is 14.9. The van der Waals surface area contributed by atoms with Gasteiger partial charge in [0.15, 0.2) is 5.69 Å². The van der Waals surface area contributed by atoms with Gasteiger partial charge in [-0.2, -0.15) is 0 Å². The van der Waals surface area contributed by atoms with Crippen LogP contribution in [-0.4, -0.2) is 77.9 Å². The molecule has 8 nitrogen and oxygen atoms in total. The van der Waals surface area contributed by atoms with Crippen LogP contribution in [0.1, 0.15) is 42.6 Å². The lowest BCUT2D eigenvalue weighted by molar-refractivity contribution is 0.0371. The van der Waals surface area contributed by atoms with E-state index in [0.717, 1.165) is 71.6 Å². The Bertz CT molecular complexity index is 524. The highest BCUT2D eigenvalue weighted by molar-refractivity contribution is 5.91. The number of carbonyl (C=O) groups is 1. The highest BCUT2D eigenvalue weighted by Gasteiger charge is 2.18. The van der Waals surface area contributed by atoms with Crippen LogP contribution < -0.4 is 5.32 Å². The molecule has 140 valence electrons. The molecule has 25 heavy (non-hydrogen) atoms. The first-order valence-electron chi connectivity index (χ1n) is 9.41. The lowest BCUT2D eigenvalue weighted by atomic mass is 10.2. The fourth-order valence-corrected chi connectivity index (χ4v) is 3.24. The number of nitrogens with one attached hydrogen (secondary N) is 1. The van der Waals surface area contributed by atoms with E-state index >= 15 is 0 Å². The second kappa shape index (κ2) is 9.84. The Morgan fingerprint density at radius 1 is 1.24 bits per heavy atom. The third-order valence-corrected chi connectivity index (χ3v) is 4.73. The Hall–Kier alpha value is -1.51. The van der Waals surface area contributed by atoms with Crippen molar-refractivity contribution in [3.05, 3.63) is 11.9 Å². The van der Waals surface area contributed by atoms with E-state index in [2.05, 4.69) is 20.5 Å². The van der Waals surface area contributed by atoms with Crippen LogP contribution in [-0.2, 0) is 16.0 Å². The molecule has 1 amide bonds. The van der Waals surface area contributed by atoms with Crippen LogP contribution in [0.5, 0.6) is 0 Å². The van der Waals surface area contributed by atoms with E-state index in [0.29, 0.717) is 18.8 Å². The molecule has 0 aliphatic carbocycles. The van der Waals surface area contributed by atoms with Crippen molar-refractivity contribution in [2.45, 2.75) is 44.8 Å². The molecule has 2 fully saturated rings. The second-order valence-electron chi connectivity index (χ2n) is 6.73. The van der Waals surface area contributed by atoms with E-state index in [4.69, 9.17) is 9.47 Å². The molecule has 0 spiro atoms. The molecule has 1 N–H and O–H groups in total. The molecule has 2 aliphatic rings. The van der Waals surface area contributed by atoms with Crippen LogP contribution in [0.4, 0.5) is 0 Å². The van der Waals surface area contributed by atoms with Gasteiger partial charge in [-0.05, 0) is 32.2 Å². The van der Waals surface area contributed by atoms with Crippen molar-refractivity contribution in [2.24, 2.45) is 0 Å². The molecule has 1 aromatic rings. The first-order valence-corrected chi connectivity index (χ1v) is 9.41. The number of carbonyl (C=O) groups excluding carboxylic acids is 1. The molecule has 0 saturated carbocycles. The minimum Gasteiger partial charge on any atom is -0.379 e. The predicted molar refractivity (Wildman–Crippen MR) is 92.4 cm³/mol. The van der Waals surface area contributed by atoms with E-state index in [1.807, 2.05) is 0 Å². The Balaban J connectivity index is 1.26. The van der Waals surface area contributed by atoms with Gasteiger partial charge < -0.3 is 14.8 Å². The van der Waals surface area contributed by atoms with Gasteiger partial charge in [0, 0.05) is 26.2 Å². The Morgan fingerprint density at radius 3 is 2.92 bits per heavy atom. The average Bonchev–Trinajstić information content (AvgIpc) is 3.31. The first kappa shape index (κ1) is 18.3. The van der Waals surface area contributed by atoms with Gasteiger partial charge in [0.05, 0.1) is 32.1 Å². The van der Waals surface area contributed by atoms with Crippen LogP contribution >= 0.6 is 0 Å². The summed E-state index contributed by atoms with van der Waals surface area (Å²) in [4.78, 5) is 14.5. The molecule has 8 heteroatoms. The van der Waals surface area contributed by atoms with E-state index < -0.39 is 0 Å². The number of rotatable bonds is 9. The summed E-state index contributed by atoms with van der Waals surface area (Å²) < 4.78 is 12.6. The second-order valence-corrected chi connectivity index (χ2v) is 6.73. The van der Waals surface area contributed by atoms with Crippen molar-refractivity contribution >= 4 is 5.91 Å². The van der Waals surface area contributed by atoms with Gasteiger partial charge >= 0.3 is 0 Å². The molecule has 2 aliphatic heterocycles. The molecule has 3 rings (SSSR count). The third-order valence-electron chi connectivity index (χ3n) is 4.73. The van der Waals surface area contributed by atoms with E-state index in [1.165, 1.54) is 0 Å². The zero-order chi connectivity index (χ0) is 17.3. The lowest BCUT2D eigenvalue weighted by Crippen LogP contribution is -2.36. The number of unbranched alkanes of at least 4 members (excludes halogenated alkanes) is 2. The maximum Gasteiger partial charge on any atom is 0.273 e. The topological polar surface area (TPSA) is 81.5 Å². The molecule has 1 atom stereocenters. The fraction of sp³-hybridized carbons (Fsp3) is 0.824. The van der Waals surface area contributed by atoms with E-state index in [9.17, 15) is 4.79 Å². The monoisotopic (exact) mass is 351 g/mol. The minimum absolute atomic E-state index is 0.147. The van der Waals surface area contributed by atoms with Gasteiger partial charge in [0.25, 0.3) is 5.91 Å². The van der Waals surface area contributed by atoms with Gasteiger partial charge in [0.2, 0.25) is 0 Å². The summed E-state index contributed by atoms with van der Waals surface area (Å²) >= 11 is 0. The largest absolute Gasteiger partial charge is 0.379 e. The molecule has 0 aromatic carbocycles. The average molecular weight is 351 g/mol. The van der Waals surface area contributed by atoms with Crippen LogP contribution in [0, 0.1) is 0 Å². The van der Waals surface area contributed by atoms with Crippen molar-refractivity contribution in [3.63, 3.8) is 0 Å². The number of aromatic nitrogens is 3. The number of hydrogen-bond acceptors (Lipinski definition) is 6. The summed E-state index contributed by atoms with van der Waals surface area (Å²) in [5.41, 5.74) is 0.381. The smallest absolute Gasteiger partial charge is 0.273 e. The quantitative estimate of drug-likeness (QED) is 0.659. The number of hydrogen-bond donors (Lipinski definition) is 1. The van der Waals surface area contributed by atoms with Crippen molar-refractivity contribution in [2.75, 3.05) is 46.0 Å². The predicted octanol–water partition coefficient (Wildman–Crippen LogP) is 0.689. The lowest BCUT2D eigenvalue weighted by Gasteiger charge is -2.26. The molecular weight excluding hydrogens is 322 g/mol. The van der Waals surface area contributed by atoms with Gasteiger partial charge in [-0.1, -0.05) is 11.6 Å². The highest BCUT2D eigenvalue weighted by Crippen LogP contribution is 2.13. The number of morpholine rings is 1. The Morgan fingerprint density at radius 2 is 2.12 bits per heavy atom. The minimum atomic E-state index is -0.147. The third kappa shape index (κ3) is 6.05. The summed E-state index contributed by atoms with van der Waals surface area (Å²) in [5, 5.41) is 10.9.